The number of nitrogens with one attached hydrogen (secondary N) is 1. The Kier molecular flexibility index (Phi) is 4.45. The van der Waals surface area contributed by atoms with E-state index in [0.717, 1.165) is 0 Å². The Morgan fingerprint density at radius 2 is 2.12 bits per heavy atom. The smallest absolute Gasteiger partial charge is 1.00 e. The molecule has 0 saturated carbocycles. The monoisotopic (exact) mass is 242 g/mol. The van der Waals surface area contributed by atoms with Crippen LogP contribution in [-0.2, 0) is 4.79 Å². The average Bonchev–Trinajstić information content (AvgIpc) is 2.59. The molecule has 0 spiro atoms. The summed E-state index contributed by atoms with van der Waals surface area (Å²) in [6, 6.07) is 5.99. The van der Waals surface area contributed by atoms with Crippen molar-refractivity contribution in [3.8, 4) is 0 Å². The second-order valence-electron chi connectivity index (χ2n) is 3.49. The molecule has 17 heavy (non-hydrogen) atoms. The van der Waals surface area contributed by atoms with E-state index in [1.54, 1.807) is 25.1 Å². The van der Waals surface area contributed by atoms with Crippen molar-refractivity contribution in [2.75, 3.05) is 0 Å². The van der Waals surface area contributed by atoms with Crippen LogP contribution in [0.3, 0.4) is 0 Å². The zero-order chi connectivity index (χ0) is 11.7. The van der Waals surface area contributed by atoms with Crippen LogP contribution in [0.15, 0.2) is 29.3 Å². The number of amidine groups is 1. The van der Waals surface area contributed by atoms with E-state index < -0.39 is 12.0 Å². The van der Waals surface area contributed by atoms with E-state index in [9.17, 15) is 9.59 Å². The Bertz CT molecular complexity index is 505. The Morgan fingerprint density at radius 3 is 2.65 bits per heavy atom. The third-order valence-electron chi connectivity index (χ3n) is 2.36. The van der Waals surface area contributed by atoms with Crippen molar-refractivity contribution in [1.29, 1.82) is 0 Å². The van der Waals surface area contributed by atoms with Gasteiger partial charge in [-0.3, -0.25) is 9.79 Å². The molecule has 1 unspecified atom stereocenters. The van der Waals surface area contributed by atoms with Gasteiger partial charge in [0.25, 0.3) is 0 Å². The van der Waals surface area contributed by atoms with E-state index in [0.29, 0.717) is 11.4 Å². The number of hydrogen-bond acceptors (Lipinski definition) is 3. The summed E-state index contributed by atoms with van der Waals surface area (Å²) in [5.74, 6) is -0.919. The maximum Gasteiger partial charge on any atom is 1.00 e. The Balaban J connectivity index is 0.00000144. The van der Waals surface area contributed by atoms with Gasteiger partial charge in [0.1, 0.15) is 11.9 Å². The number of carbonyl (C=O) groups is 2. The van der Waals surface area contributed by atoms with Crippen LogP contribution in [0, 0.1) is 0 Å². The van der Waals surface area contributed by atoms with Crippen LogP contribution in [0.25, 0.3) is 0 Å². The number of benzene rings is 1. The summed E-state index contributed by atoms with van der Waals surface area (Å²) in [5, 5.41) is 11.6. The Hall–Kier alpha value is -1.17. The Labute approximate surface area is 122 Å². The van der Waals surface area contributed by atoms with Gasteiger partial charge >= 0.3 is 35.5 Å². The SMILES string of the molecule is CC1N=C(c2ccccc2C(=O)O)NC1=O.[H-].[Na+]. The molecule has 1 aliphatic heterocycles. The molecule has 0 aliphatic carbocycles. The largest absolute Gasteiger partial charge is 1.00 e. The maximum absolute atomic E-state index is 11.3. The van der Waals surface area contributed by atoms with E-state index >= 15 is 0 Å². The van der Waals surface area contributed by atoms with Gasteiger partial charge in [-0.05, 0) is 13.0 Å². The van der Waals surface area contributed by atoms with E-state index in [1.165, 1.54) is 6.07 Å². The molecule has 0 fully saturated rings. The molecule has 2 N–H and O–H groups in total. The molecule has 0 aromatic heterocycles. The van der Waals surface area contributed by atoms with Crippen LogP contribution in [0.2, 0.25) is 0 Å². The minimum absolute atomic E-state index is 0. The minimum atomic E-state index is -1.04. The normalized spacial score (nSPS) is 18.1. The van der Waals surface area contributed by atoms with Crippen LogP contribution >= 0.6 is 0 Å². The molecule has 1 heterocycles. The van der Waals surface area contributed by atoms with Crippen LogP contribution < -0.4 is 34.9 Å². The number of carbonyl (C=O) groups excluding carboxylic acids is 1. The first-order valence-corrected chi connectivity index (χ1v) is 4.81. The summed E-state index contributed by atoms with van der Waals surface area (Å²) >= 11 is 0. The summed E-state index contributed by atoms with van der Waals surface area (Å²) in [6.07, 6.45) is 0. The third kappa shape index (κ3) is 2.74. The summed E-state index contributed by atoms with van der Waals surface area (Å²) in [4.78, 5) is 26.3. The zero-order valence-corrected chi connectivity index (χ0v) is 11.6. The first kappa shape index (κ1) is 13.9. The van der Waals surface area contributed by atoms with Gasteiger partial charge in [-0.15, -0.1) is 0 Å². The number of carboxylic acids is 1. The maximum atomic E-state index is 11.3. The number of amides is 1. The molecule has 0 radical (unpaired) electrons. The average molecular weight is 242 g/mol. The summed E-state index contributed by atoms with van der Waals surface area (Å²) in [6.45, 7) is 1.66. The first-order chi connectivity index (χ1) is 7.59. The molecule has 84 valence electrons. The second kappa shape index (κ2) is 5.44. The van der Waals surface area contributed by atoms with Gasteiger partial charge in [-0.2, -0.15) is 0 Å². The molecule has 1 aromatic carbocycles. The molecule has 0 bridgehead atoms. The fourth-order valence-electron chi connectivity index (χ4n) is 1.52. The number of aromatic carboxylic acids is 1. The fraction of sp³-hybridized carbons (Fsp3) is 0.182. The third-order valence-corrected chi connectivity index (χ3v) is 2.36. The first-order valence-electron chi connectivity index (χ1n) is 4.81. The molecular weight excluding hydrogens is 231 g/mol. The van der Waals surface area contributed by atoms with Crippen LogP contribution in [0.1, 0.15) is 24.3 Å². The number of hydrogen-bond donors (Lipinski definition) is 2. The van der Waals surface area contributed by atoms with Gasteiger partial charge < -0.3 is 11.8 Å². The zero-order valence-electron chi connectivity index (χ0n) is 10.6. The van der Waals surface area contributed by atoms with E-state index in [4.69, 9.17) is 5.11 Å². The number of carboxylic acid groups (broad SMARTS) is 1. The predicted octanol–water partition coefficient (Wildman–Crippen LogP) is -2.23. The minimum Gasteiger partial charge on any atom is -1.00 e. The molecule has 1 atom stereocenters. The van der Waals surface area contributed by atoms with Crippen LogP contribution in [0.5, 0.6) is 0 Å². The molecular formula is C11H11N2NaO3. The summed E-state index contributed by atoms with van der Waals surface area (Å²) in [5.41, 5.74) is 0.573. The van der Waals surface area contributed by atoms with Crippen molar-refractivity contribution in [3.05, 3.63) is 35.4 Å². The van der Waals surface area contributed by atoms with Crippen LogP contribution in [0.4, 0.5) is 0 Å². The summed E-state index contributed by atoms with van der Waals surface area (Å²) in [7, 11) is 0. The topological polar surface area (TPSA) is 78.8 Å². The van der Waals surface area contributed by atoms with Gasteiger partial charge in [0.15, 0.2) is 0 Å². The number of nitrogens with zero attached hydrogens (tertiary/aromatic N) is 1. The van der Waals surface area contributed by atoms with Gasteiger partial charge in [0.05, 0.1) is 5.56 Å². The Morgan fingerprint density at radius 1 is 1.47 bits per heavy atom. The fourth-order valence-corrected chi connectivity index (χ4v) is 1.52. The molecule has 1 amide bonds. The summed E-state index contributed by atoms with van der Waals surface area (Å²) < 4.78 is 0. The van der Waals surface area contributed by atoms with Crippen molar-refractivity contribution in [2.45, 2.75) is 13.0 Å². The second-order valence-corrected chi connectivity index (χ2v) is 3.49. The van der Waals surface area contributed by atoms with Crippen molar-refractivity contribution < 1.29 is 45.7 Å². The van der Waals surface area contributed by atoms with Crippen molar-refractivity contribution >= 4 is 17.7 Å². The van der Waals surface area contributed by atoms with Gasteiger partial charge in [0, 0.05) is 5.56 Å². The number of aliphatic imine (C=N–C) groups is 1. The molecule has 5 nitrogen and oxygen atoms in total. The van der Waals surface area contributed by atoms with E-state index in [-0.39, 0.29) is 42.5 Å². The molecule has 6 heteroatoms. The molecule has 2 rings (SSSR count). The standard InChI is InChI=1S/C11H10N2O3.Na.H/c1-6-10(14)13-9(12-6)7-4-2-3-5-8(7)11(15)16;;/h2-6H,1H3,(H,15,16)(H,12,13,14);;/q;+1;-1. The number of rotatable bonds is 2. The van der Waals surface area contributed by atoms with Crippen molar-refractivity contribution in [3.63, 3.8) is 0 Å². The van der Waals surface area contributed by atoms with Gasteiger partial charge in [-0.25, -0.2) is 4.79 Å². The van der Waals surface area contributed by atoms with E-state index in [2.05, 4.69) is 10.3 Å². The molecule has 1 aromatic rings. The van der Waals surface area contributed by atoms with Crippen LogP contribution in [-0.4, -0.2) is 28.9 Å². The van der Waals surface area contributed by atoms with Gasteiger partial charge in [-0.1, -0.05) is 18.2 Å². The molecule has 1 aliphatic rings. The molecule has 0 saturated heterocycles. The van der Waals surface area contributed by atoms with E-state index in [1.807, 2.05) is 0 Å². The quantitative estimate of drug-likeness (QED) is 0.576. The predicted molar refractivity (Wildman–Crippen MR) is 58.7 cm³/mol. The van der Waals surface area contributed by atoms with Crippen molar-refractivity contribution in [1.82, 2.24) is 5.32 Å². The van der Waals surface area contributed by atoms with Gasteiger partial charge in [0.2, 0.25) is 5.91 Å². The van der Waals surface area contributed by atoms with Crippen molar-refractivity contribution in [2.24, 2.45) is 4.99 Å².